The number of nitrogens with two attached hydrogens (primary N) is 2. The summed E-state index contributed by atoms with van der Waals surface area (Å²) in [5.41, 5.74) is 11.8. The first-order valence-electron chi connectivity index (χ1n) is 6.52. The fourth-order valence-electron chi connectivity index (χ4n) is 2.21. The van der Waals surface area contributed by atoms with Gasteiger partial charge in [0.2, 0.25) is 0 Å². The summed E-state index contributed by atoms with van der Waals surface area (Å²) in [6.07, 6.45) is -1.37. The molecular weight excluding hydrogens is 280 g/mol. The summed E-state index contributed by atoms with van der Waals surface area (Å²) in [5.74, 6) is -1.28. The van der Waals surface area contributed by atoms with E-state index in [4.69, 9.17) is 22.3 Å². The second kappa shape index (κ2) is 6.19. The zero-order chi connectivity index (χ0) is 16.3. The smallest absolute Gasteiger partial charge is 0.196 e. The first-order chi connectivity index (χ1) is 10.4. The Morgan fingerprint density at radius 1 is 0.909 bits per heavy atom. The quantitative estimate of drug-likeness (QED) is 0.321. The minimum atomic E-state index is -1.37. The summed E-state index contributed by atoms with van der Waals surface area (Å²) in [6, 6.07) is 13.0. The van der Waals surface area contributed by atoms with Gasteiger partial charge in [0.25, 0.3) is 0 Å². The summed E-state index contributed by atoms with van der Waals surface area (Å²) in [7, 11) is 0. The highest BCUT2D eigenvalue weighted by atomic mass is 16.3. The molecule has 2 aromatic carbocycles. The average Bonchev–Trinajstić information content (AvgIpc) is 2.53. The van der Waals surface area contributed by atoms with E-state index in [0.717, 1.165) is 0 Å². The number of Topliss-reactive ketones (excluding diaryl/α,β-unsaturated/α-hetero) is 1. The van der Waals surface area contributed by atoms with Gasteiger partial charge in [0, 0.05) is 16.7 Å². The Morgan fingerprint density at radius 2 is 1.50 bits per heavy atom. The summed E-state index contributed by atoms with van der Waals surface area (Å²) >= 11 is 0. The molecule has 0 radical (unpaired) electrons. The number of ketones is 1. The first-order valence-corrected chi connectivity index (χ1v) is 6.52. The Morgan fingerprint density at radius 3 is 2.05 bits per heavy atom. The molecule has 0 aliphatic heterocycles. The van der Waals surface area contributed by atoms with E-state index in [-0.39, 0.29) is 28.4 Å². The van der Waals surface area contributed by atoms with Crippen LogP contribution in [0.2, 0.25) is 0 Å². The predicted octanol–water partition coefficient (Wildman–Crippen LogP) is 1.17. The SMILES string of the molecule is N=C(N)c1cccc(C(=O)C(O)c2ccccc2)c1C(=N)N. The fourth-order valence-corrected chi connectivity index (χ4v) is 2.21. The van der Waals surface area contributed by atoms with E-state index in [1.807, 2.05) is 0 Å². The van der Waals surface area contributed by atoms with Gasteiger partial charge >= 0.3 is 0 Å². The molecule has 2 rings (SSSR count). The highest BCUT2D eigenvalue weighted by Crippen LogP contribution is 2.22. The van der Waals surface area contributed by atoms with Crippen LogP contribution in [0.3, 0.4) is 0 Å². The number of hydrogen-bond donors (Lipinski definition) is 5. The van der Waals surface area contributed by atoms with Gasteiger partial charge in [-0.1, -0.05) is 48.5 Å². The van der Waals surface area contributed by atoms with E-state index < -0.39 is 11.9 Å². The van der Waals surface area contributed by atoms with E-state index in [0.29, 0.717) is 5.56 Å². The van der Waals surface area contributed by atoms with Crippen molar-refractivity contribution in [3.63, 3.8) is 0 Å². The normalized spacial score (nSPS) is 11.7. The number of rotatable bonds is 5. The van der Waals surface area contributed by atoms with Crippen molar-refractivity contribution in [3.05, 3.63) is 70.8 Å². The van der Waals surface area contributed by atoms with Crippen molar-refractivity contribution in [2.45, 2.75) is 6.10 Å². The van der Waals surface area contributed by atoms with Crippen LogP contribution in [0, 0.1) is 10.8 Å². The van der Waals surface area contributed by atoms with Gasteiger partial charge in [0.05, 0.1) is 0 Å². The van der Waals surface area contributed by atoms with Gasteiger partial charge in [-0.2, -0.15) is 0 Å². The van der Waals surface area contributed by atoms with Crippen LogP contribution < -0.4 is 11.5 Å². The highest BCUT2D eigenvalue weighted by molar-refractivity contribution is 6.16. The number of nitrogen functional groups attached to an aromatic ring is 2. The van der Waals surface area contributed by atoms with E-state index in [9.17, 15) is 9.90 Å². The number of carbonyl (C=O) groups is 1. The highest BCUT2D eigenvalue weighted by Gasteiger charge is 2.24. The van der Waals surface area contributed by atoms with Gasteiger partial charge in [0.1, 0.15) is 17.8 Å². The molecule has 0 heterocycles. The molecule has 0 aromatic heterocycles. The molecule has 0 fully saturated rings. The van der Waals surface area contributed by atoms with E-state index in [1.54, 1.807) is 30.3 Å². The molecule has 0 saturated heterocycles. The third-order valence-electron chi connectivity index (χ3n) is 3.25. The second-order valence-corrected chi connectivity index (χ2v) is 4.73. The standard InChI is InChI=1S/C16H16N4O2/c17-15(18)11-8-4-7-10(12(11)16(19)20)14(22)13(21)9-5-2-1-3-6-9/h1-8,13,21H,(H3,17,18)(H3,19,20). The molecule has 0 saturated carbocycles. The van der Waals surface area contributed by atoms with Crippen LogP contribution in [0.25, 0.3) is 0 Å². The van der Waals surface area contributed by atoms with Crippen LogP contribution in [0.15, 0.2) is 48.5 Å². The zero-order valence-electron chi connectivity index (χ0n) is 11.7. The molecule has 0 bridgehead atoms. The van der Waals surface area contributed by atoms with E-state index in [1.165, 1.54) is 18.2 Å². The van der Waals surface area contributed by atoms with Crippen molar-refractivity contribution in [3.8, 4) is 0 Å². The molecule has 0 aliphatic carbocycles. The van der Waals surface area contributed by atoms with Crippen molar-refractivity contribution < 1.29 is 9.90 Å². The number of aliphatic hydroxyl groups excluding tert-OH is 1. The minimum Gasteiger partial charge on any atom is -0.384 e. The number of hydrogen-bond acceptors (Lipinski definition) is 4. The number of carbonyl (C=O) groups excluding carboxylic acids is 1. The Kier molecular flexibility index (Phi) is 4.33. The van der Waals surface area contributed by atoms with Crippen molar-refractivity contribution in [2.75, 3.05) is 0 Å². The summed E-state index contributed by atoms with van der Waals surface area (Å²) in [5, 5.41) is 25.4. The number of nitrogens with one attached hydrogen (secondary N) is 2. The first kappa shape index (κ1) is 15.4. The molecule has 0 spiro atoms. The molecule has 1 atom stereocenters. The number of benzene rings is 2. The molecule has 112 valence electrons. The summed E-state index contributed by atoms with van der Waals surface area (Å²) < 4.78 is 0. The maximum Gasteiger partial charge on any atom is 0.196 e. The maximum absolute atomic E-state index is 12.5. The summed E-state index contributed by atoms with van der Waals surface area (Å²) in [4.78, 5) is 12.5. The topological polar surface area (TPSA) is 137 Å². The van der Waals surface area contributed by atoms with Crippen LogP contribution in [0.5, 0.6) is 0 Å². The Balaban J connectivity index is 2.53. The lowest BCUT2D eigenvalue weighted by atomic mass is 9.92. The lowest BCUT2D eigenvalue weighted by Crippen LogP contribution is -2.25. The van der Waals surface area contributed by atoms with Crippen molar-refractivity contribution >= 4 is 17.5 Å². The minimum absolute atomic E-state index is 0.0648. The van der Waals surface area contributed by atoms with E-state index in [2.05, 4.69) is 0 Å². The third-order valence-corrected chi connectivity index (χ3v) is 3.25. The van der Waals surface area contributed by atoms with E-state index >= 15 is 0 Å². The second-order valence-electron chi connectivity index (χ2n) is 4.73. The van der Waals surface area contributed by atoms with Crippen LogP contribution in [0.4, 0.5) is 0 Å². The Bertz CT molecular complexity index is 741. The van der Waals surface area contributed by atoms with Gasteiger partial charge < -0.3 is 16.6 Å². The molecule has 0 aliphatic rings. The third kappa shape index (κ3) is 2.87. The van der Waals surface area contributed by atoms with Gasteiger partial charge in [-0.15, -0.1) is 0 Å². The van der Waals surface area contributed by atoms with Gasteiger partial charge in [0.15, 0.2) is 5.78 Å². The van der Waals surface area contributed by atoms with Crippen LogP contribution >= 0.6 is 0 Å². The maximum atomic E-state index is 12.5. The lowest BCUT2D eigenvalue weighted by Gasteiger charge is -2.15. The van der Waals surface area contributed by atoms with Gasteiger partial charge in [-0.3, -0.25) is 15.6 Å². The van der Waals surface area contributed by atoms with Crippen LogP contribution in [-0.2, 0) is 0 Å². The van der Waals surface area contributed by atoms with Crippen LogP contribution in [-0.4, -0.2) is 22.6 Å². The molecule has 2 aromatic rings. The Hall–Kier alpha value is -2.99. The average molecular weight is 296 g/mol. The van der Waals surface area contributed by atoms with Crippen molar-refractivity contribution in [1.29, 1.82) is 10.8 Å². The van der Waals surface area contributed by atoms with Crippen LogP contribution in [0.1, 0.15) is 33.2 Å². The van der Waals surface area contributed by atoms with Gasteiger partial charge in [-0.25, -0.2) is 0 Å². The largest absolute Gasteiger partial charge is 0.384 e. The van der Waals surface area contributed by atoms with Gasteiger partial charge in [-0.05, 0) is 5.56 Å². The number of amidine groups is 2. The lowest BCUT2D eigenvalue weighted by molar-refractivity contribution is 0.0747. The molecule has 6 nitrogen and oxygen atoms in total. The molecule has 1 unspecified atom stereocenters. The molecule has 22 heavy (non-hydrogen) atoms. The zero-order valence-corrected chi connectivity index (χ0v) is 11.7. The van der Waals surface area contributed by atoms with Crippen molar-refractivity contribution in [1.82, 2.24) is 0 Å². The predicted molar refractivity (Wildman–Crippen MR) is 84.2 cm³/mol. The number of aliphatic hydroxyl groups is 1. The molecular formula is C16H16N4O2. The molecule has 0 amide bonds. The molecule has 6 heteroatoms. The monoisotopic (exact) mass is 296 g/mol. The Labute approximate surface area is 127 Å². The fraction of sp³-hybridized carbons (Fsp3) is 0.0625. The van der Waals surface area contributed by atoms with Crippen molar-refractivity contribution in [2.24, 2.45) is 11.5 Å². The summed E-state index contributed by atoms with van der Waals surface area (Å²) in [6.45, 7) is 0. The molecule has 7 N–H and O–H groups in total.